The standard InChI is InChI=1S/C16H20BrNO4/c1-3-21-15(19)12-9-13(16(20)22-4-2)18-14(12)10-5-7-11(17)8-6-10/h5-8,12-14,18H,3-4,9H2,1-2H3. The topological polar surface area (TPSA) is 64.6 Å². The maximum absolute atomic E-state index is 12.2. The van der Waals surface area contributed by atoms with Gasteiger partial charge in [0.2, 0.25) is 0 Å². The molecule has 1 aromatic carbocycles. The number of halogens is 1. The van der Waals surface area contributed by atoms with Crippen molar-refractivity contribution in [3.05, 3.63) is 34.3 Å². The van der Waals surface area contributed by atoms with Gasteiger partial charge in [-0.3, -0.25) is 14.9 Å². The molecule has 6 heteroatoms. The number of hydrogen-bond acceptors (Lipinski definition) is 5. The predicted molar refractivity (Wildman–Crippen MR) is 85.2 cm³/mol. The van der Waals surface area contributed by atoms with Crippen LogP contribution in [0.25, 0.3) is 0 Å². The van der Waals surface area contributed by atoms with Gasteiger partial charge < -0.3 is 9.47 Å². The fourth-order valence-corrected chi connectivity index (χ4v) is 2.94. The first-order chi connectivity index (χ1) is 10.6. The summed E-state index contributed by atoms with van der Waals surface area (Å²) in [6.45, 7) is 4.19. The molecule has 22 heavy (non-hydrogen) atoms. The van der Waals surface area contributed by atoms with Crippen molar-refractivity contribution in [3.63, 3.8) is 0 Å². The molecule has 1 aromatic rings. The smallest absolute Gasteiger partial charge is 0.323 e. The first-order valence-electron chi connectivity index (χ1n) is 7.41. The predicted octanol–water partition coefficient (Wildman–Crippen LogP) is 2.59. The van der Waals surface area contributed by atoms with E-state index < -0.39 is 12.0 Å². The average molecular weight is 370 g/mol. The molecule has 120 valence electrons. The zero-order chi connectivity index (χ0) is 16.1. The van der Waals surface area contributed by atoms with Crippen molar-refractivity contribution >= 4 is 27.9 Å². The largest absolute Gasteiger partial charge is 0.466 e. The second-order valence-corrected chi connectivity index (χ2v) is 6.01. The Morgan fingerprint density at radius 3 is 2.32 bits per heavy atom. The number of hydrogen-bond donors (Lipinski definition) is 1. The van der Waals surface area contributed by atoms with Crippen molar-refractivity contribution in [2.45, 2.75) is 32.4 Å². The van der Waals surface area contributed by atoms with Gasteiger partial charge >= 0.3 is 11.9 Å². The van der Waals surface area contributed by atoms with Gasteiger partial charge in [0.25, 0.3) is 0 Å². The van der Waals surface area contributed by atoms with Crippen molar-refractivity contribution in [3.8, 4) is 0 Å². The van der Waals surface area contributed by atoms with E-state index in [1.807, 2.05) is 24.3 Å². The minimum absolute atomic E-state index is 0.249. The van der Waals surface area contributed by atoms with Crippen LogP contribution in [0.3, 0.4) is 0 Å². The summed E-state index contributed by atoms with van der Waals surface area (Å²) in [7, 11) is 0. The molecule has 0 aliphatic carbocycles. The molecule has 1 fully saturated rings. The third kappa shape index (κ3) is 3.87. The lowest BCUT2D eigenvalue weighted by Gasteiger charge is -2.18. The molecule has 3 unspecified atom stereocenters. The molecule has 1 aliphatic rings. The number of ether oxygens (including phenoxy) is 2. The molecule has 0 radical (unpaired) electrons. The van der Waals surface area contributed by atoms with Crippen LogP contribution in [-0.2, 0) is 19.1 Å². The van der Waals surface area contributed by atoms with E-state index in [0.717, 1.165) is 10.0 Å². The lowest BCUT2D eigenvalue weighted by molar-refractivity contribution is -0.148. The lowest BCUT2D eigenvalue weighted by Crippen LogP contribution is -2.33. The summed E-state index contributed by atoms with van der Waals surface area (Å²) in [5, 5.41) is 3.21. The summed E-state index contributed by atoms with van der Waals surface area (Å²) in [6, 6.07) is 6.96. The number of carbonyl (C=O) groups is 2. The third-order valence-electron chi connectivity index (χ3n) is 3.66. The Bertz CT molecular complexity index is 531. The van der Waals surface area contributed by atoms with E-state index in [4.69, 9.17) is 9.47 Å². The van der Waals surface area contributed by atoms with E-state index in [0.29, 0.717) is 19.6 Å². The SMILES string of the molecule is CCOC(=O)C1CC(C(=O)OCC)C(c2ccc(Br)cc2)N1. The zero-order valence-corrected chi connectivity index (χ0v) is 14.3. The Labute approximate surface area is 138 Å². The molecule has 0 spiro atoms. The van der Waals surface area contributed by atoms with E-state index >= 15 is 0 Å². The van der Waals surface area contributed by atoms with Crippen LogP contribution in [0.1, 0.15) is 31.9 Å². The van der Waals surface area contributed by atoms with Gasteiger partial charge in [0.1, 0.15) is 6.04 Å². The normalized spacial score (nSPS) is 24.0. The number of benzene rings is 1. The van der Waals surface area contributed by atoms with E-state index in [1.165, 1.54) is 0 Å². The molecule has 1 heterocycles. The first kappa shape index (κ1) is 17.0. The van der Waals surface area contributed by atoms with Gasteiger partial charge in [-0.05, 0) is 38.0 Å². The van der Waals surface area contributed by atoms with Crippen LogP contribution < -0.4 is 5.32 Å². The van der Waals surface area contributed by atoms with Crippen LogP contribution in [0, 0.1) is 5.92 Å². The lowest BCUT2D eigenvalue weighted by atomic mass is 9.93. The van der Waals surface area contributed by atoms with Crippen LogP contribution in [0.15, 0.2) is 28.7 Å². The highest BCUT2D eigenvalue weighted by Crippen LogP contribution is 2.34. The molecular formula is C16H20BrNO4. The van der Waals surface area contributed by atoms with Crippen molar-refractivity contribution in [1.29, 1.82) is 0 Å². The van der Waals surface area contributed by atoms with E-state index in [-0.39, 0.29) is 18.0 Å². The van der Waals surface area contributed by atoms with Gasteiger partial charge in [-0.25, -0.2) is 0 Å². The molecule has 0 amide bonds. The number of carbonyl (C=O) groups excluding carboxylic acids is 2. The highest BCUT2D eigenvalue weighted by Gasteiger charge is 2.43. The van der Waals surface area contributed by atoms with Crippen LogP contribution in [0.4, 0.5) is 0 Å². The second-order valence-electron chi connectivity index (χ2n) is 5.09. The Morgan fingerprint density at radius 2 is 1.73 bits per heavy atom. The van der Waals surface area contributed by atoms with Gasteiger partial charge in [-0.2, -0.15) is 0 Å². The van der Waals surface area contributed by atoms with Gasteiger partial charge in [0.15, 0.2) is 0 Å². The highest BCUT2D eigenvalue weighted by atomic mass is 79.9. The fourth-order valence-electron chi connectivity index (χ4n) is 2.68. The van der Waals surface area contributed by atoms with Crippen LogP contribution >= 0.6 is 15.9 Å². The summed E-state index contributed by atoms with van der Waals surface area (Å²) >= 11 is 3.39. The monoisotopic (exact) mass is 369 g/mol. The number of rotatable bonds is 5. The quantitative estimate of drug-likeness (QED) is 0.808. The molecule has 1 aliphatic heterocycles. The first-order valence-corrected chi connectivity index (χ1v) is 8.20. The molecule has 1 N–H and O–H groups in total. The second kappa shape index (κ2) is 7.74. The molecule has 5 nitrogen and oxygen atoms in total. The van der Waals surface area contributed by atoms with Gasteiger partial charge in [0, 0.05) is 10.5 Å². The number of esters is 2. The molecule has 0 aromatic heterocycles. The minimum atomic E-state index is -0.483. The van der Waals surface area contributed by atoms with Crippen molar-refractivity contribution in [2.75, 3.05) is 13.2 Å². The van der Waals surface area contributed by atoms with Crippen molar-refractivity contribution in [2.24, 2.45) is 5.92 Å². The maximum Gasteiger partial charge on any atom is 0.323 e. The molecule has 0 saturated carbocycles. The maximum atomic E-state index is 12.2. The van der Waals surface area contributed by atoms with Crippen LogP contribution in [-0.4, -0.2) is 31.2 Å². The van der Waals surface area contributed by atoms with Crippen molar-refractivity contribution in [1.82, 2.24) is 5.32 Å². The molecule has 2 rings (SSSR count). The summed E-state index contributed by atoms with van der Waals surface area (Å²) in [5.74, 6) is -0.998. The van der Waals surface area contributed by atoms with E-state index in [1.54, 1.807) is 13.8 Å². The van der Waals surface area contributed by atoms with Crippen LogP contribution in [0.2, 0.25) is 0 Å². The summed E-state index contributed by atoms with van der Waals surface area (Å²) in [4.78, 5) is 24.2. The Balaban J connectivity index is 2.21. The summed E-state index contributed by atoms with van der Waals surface area (Å²) in [6.07, 6.45) is 0.387. The molecular weight excluding hydrogens is 350 g/mol. The van der Waals surface area contributed by atoms with E-state index in [2.05, 4.69) is 21.2 Å². The summed E-state index contributed by atoms with van der Waals surface area (Å²) < 4.78 is 11.2. The minimum Gasteiger partial charge on any atom is -0.466 e. The van der Waals surface area contributed by atoms with Gasteiger partial charge in [0.05, 0.1) is 19.1 Å². The third-order valence-corrected chi connectivity index (χ3v) is 4.19. The molecule has 1 saturated heterocycles. The molecule has 3 atom stereocenters. The summed E-state index contributed by atoms with van der Waals surface area (Å²) in [5.41, 5.74) is 0.952. The Hall–Kier alpha value is -1.40. The highest BCUT2D eigenvalue weighted by molar-refractivity contribution is 9.10. The fraction of sp³-hybridized carbons (Fsp3) is 0.500. The number of nitrogens with one attached hydrogen (secondary N) is 1. The average Bonchev–Trinajstić information content (AvgIpc) is 2.94. The van der Waals surface area contributed by atoms with Gasteiger partial charge in [-0.15, -0.1) is 0 Å². The zero-order valence-electron chi connectivity index (χ0n) is 12.7. The molecule has 0 bridgehead atoms. The Morgan fingerprint density at radius 1 is 1.14 bits per heavy atom. The van der Waals surface area contributed by atoms with Gasteiger partial charge in [-0.1, -0.05) is 28.1 Å². The van der Waals surface area contributed by atoms with Crippen molar-refractivity contribution < 1.29 is 19.1 Å². The van der Waals surface area contributed by atoms with Crippen LogP contribution in [0.5, 0.6) is 0 Å². The van der Waals surface area contributed by atoms with E-state index in [9.17, 15) is 9.59 Å². The Kier molecular flexibility index (Phi) is 5.97.